The molecule has 0 saturated carbocycles. The zero-order chi connectivity index (χ0) is 15.7. The van der Waals surface area contributed by atoms with Gasteiger partial charge in [-0.2, -0.15) is 0 Å². The maximum atomic E-state index is 12.2. The van der Waals surface area contributed by atoms with Crippen LogP contribution in [0.15, 0.2) is 60.8 Å². The Labute approximate surface area is 126 Å². The lowest BCUT2D eigenvalue weighted by Crippen LogP contribution is -2.43. The summed E-state index contributed by atoms with van der Waals surface area (Å²) in [5.41, 5.74) is 7.86. The maximum absolute atomic E-state index is 12.2. The van der Waals surface area contributed by atoms with Crippen molar-refractivity contribution < 1.29 is 4.79 Å². The Hall–Kier alpha value is -2.20. The second kappa shape index (κ2) is 8.87. The van der Waals surface area contributed by atoms with Crippen LogP contribution in [0.2, 0.25) is 0 Å². The highest BCUT2D eigenvalue weighted by molar-refractivity contribution is 5.95. The van der Waals surface area contributed by atoms with Crippen LogP contribution in [-0.2, 0) is 11.2 Å². The molecule has 1 aromatic carbocycles. The van der Waals surface area contributed by atoms with Crippen LogP contribution >= 0.6 is 0 Å². The number of carbonyl (C=O) groups excluding carboxylic acids is 1. The molecule has 0 fully saturated rings. The van der Waals surface area contributed by atoms with E-state index in [0.29, 0.717) is 19.4 Å². The summed E-state index contributed by atoms with van der Waals surface area (Å²) in [4.78, 5) is 17.9. The molecule has 4 heteroatoms. The van der Waals surface area contributed by atoms with Gasteiger partial charge in [-0.3, -0.25) is 9.79 Å². The van der Waals surface area contributed by atoms with E-state index in [1.165, 1.54) is 6.20 Å². The largest absolute Gasteiger partial charge is 0.344 e. The van der Waals surface area contributed by atoms with E-state index < -0.39 is 6.04 Å². The van der Waals surface area contributed by atoms with Crippen molar-refractivity contribution in [2.24, 2.45) is 10.7 Å². The van der Waals surface area contributed by atoms with Gasteiger partial charge < -0.3 is 10.6 Å². The van der Waals surface area contributed by atoms with Crippen LogP contribution < -0.4 is 5.73 Å². The third-order valence-corrected chi connectivity index (χ3v) is 3.19. The third-order valence-electron chi connectivity index (χ3n) is 3.19. The van der Waals surface area contributed by atoms with Crippen molar-refractivity contribution in [2.45, 2.75) is 18.9 Å². The average Bonchev–Trinajstić information content (AvgIpc) is 2.51. The highest BCUT2D eigenvalue weighted by Gasteiger charge is 2.18. The Kier molecular flexibility index (Phi) is 7.12. The lowest BCUT2D eigenvalue weighted by atomic mass is 10.1. The lowest BCUT2D eigenvalue weighted by Gasteiger charge is -2.21. The predicted molar refractivity (Wildman–Crippen MR) is 88.2 cm³/mol. The zero-order valence-electron chi connectivity index (χ0n) is 12.5. The fourth-order valence-corrected chi connectivity index (χ4v) is 1.97. The minimum absolute atomic E-state index is 0.0686. The minimum atomic E-state index is -0.527. The van der Waals surface area contributed by atoms with Crippen molar-refractivity contribution in [3.05, 3.63) is 61.3 Å². The summed E-state index contributed by atoms with van der Waals surface area (Å²) in [6, 6.07) is 9.25. The monoisotopic (exact) mass is 285 g/mol. The molecule has 21 heavy (non-hydrogen) atoms. The van der Waals surface area contributed by atoms with Gasteiger partial charge in [0.1, 0.15) is 0 Å². The Morgan fingerprint density at radius 2 is 2.05 bits per heavy atom. The second-order valence-electron chi connectivity index (χ2n) is 4.81. The van der Waals surface area contributed by atoms with Gasteiger partial charge in [-0.15, -0.1) is 0 Å². The van der Waals surface area contributed by atoms with Gasteiger partial charge in [-0.25, -0.2) is 0 Å². The van der Waals surface area contributed by atoms with Crippen molar-refractivity contribution >= 4 is 11.6 Å². The number of rotatable bonds is 8. The first-order valence-corrected chi connectivity index (χ1v) is 6.93. The molecule has 0 aliphatic carbocycles. The molecule has 2 N–H and O–H groups in total. The van der Waals surface area contributed by atoms with Crippen LogP contribution in [0, 0.1) is 0 Å². The van der Waals surface area contributed by atoms with Gasteiger partial charge in [0, 0.05) is 31.9 Å². The minimum Gasteiger partial charge on any atom is -0.344 e. The van der Waals surface area contributed by atoms with E-state index in [0.717, 1.165) is 11.3 Å². The normalized spacial score (nSPS) is 12.6. The Morgan fingerprint density at radius 3 is 2.62 bits per heavy atom. The highest BCUT2D eigenvalue weighted by atomic mass is 16.2. The first-order chi connectivity index (χ1) is 10.1. The quantitative estimate of drug-likeness (QED) is 0.744. The van der Waals surface area contributed by atoms with Crippen LogP contribution in [0.25, 0.3) is 0 Å². The molecule has 0 aliphatic rings. The smallest absolute Gasteiger partial charge is 0.239 e. The Bertz CT molecular complexity index is 508. The van der Waals surface area contributed by atoms with E-state index in [2.05, 4.69) is 18.2 Å². The molecule has 0 radical (unpaired) electrons. The summed E-state index contributed by atoms with van der Waals surface area (Å²) in [6.45, 7) is 7.79. The van der Waals surface area contributed by atoms with E-state index >= 15 is 0 Å². The van der Waals surface area contributed by atoms with Crippen molar-refractivity contribution in [3.63, 3.8) is 0 Å². The summed E-state index contributed by atoms with van der Waals surface area (Å²) in [5.74, 6) is -0.0686. The molecule has 0 aliphatic heterocycles. The molecule has 1 aromatic rings. The van der Waals surface area contributed by atoms with Gasteiger partial charge >= 0.3 is 0 Å². The van der Waals surface area contributed by atoms with Crippen molar-refractivity contribution in [1.82, 2.24) is 4.90 Å². The van der Waals surface area contributed by atoms with Crippen molar-refractivity contribution in [3.8, 4) is 0 Å². The van der Waals surface area contributed by atoms with Gasteiger partial charge in [-0.05, 0) is 18.1 Å². The molecule has 1 atom stereocenters. The molecule has 1 rings (SSSR count). The fourth-order valence-electron chi connectivity index (χ4n) is 1.97. The molecule has 1 amide bonds. The average molecular weight is 285 g/mol. The number of hydrogen-bond donors (Lipinski definition) is 1. The predicted octanol–water partition coefficient (Wildman–Crippen LogP) is 2.18. The van der Waals surface area contributed by atoms with E-state index in [4.69, 9.17) is 5.73 Å². The van der Waals surface area contributed by atoms with Crippen LogP contribution in [0.5, 0.6) is 0 Å². The van der Waals surface area contributed by atoms with E-state index in [-0.39, 0.29) is 5.91 Å². The van der Waals surface area contributed by atoms with Crippen LogP contribution in [0.1, 0.15) is 12.0 Å². The van der Waals surface area contributed by atoms with Gasteiger partial charge in [-0.1, -0.05) is 43.5 Å². The molecule has 112 valence electrons. The van der Waals surface area contributed by atoms with E-state index in [1.54, 1.807) is 18.0 Å². The fraction of sp³-hybridized carbons (Fsp3) is 0.294. The van der Waals surface area contributed by atoms with Crippen molar-refractivity contribution in [1.29, 1.82) is 0 Å². The number of nitrogens with two attached hydrogens (primary N) is 1. The number of hydrogen-bond acceptors (Lipinski definition) is 3. The highest BCUT2D eigenvalue weighted by Crippen LogP contribution is 2.04. The number of aliphatic imine (C=N–C) groups is 1. The lowest BCUT2D eigenvalue weighted by molar-refractivity contribution is -0.131. The summed E-state index contributed by atoms with van der Waals surface area (Å²) >= 11 is 0. The van der Waals surface area contributed by atoms with Crippen molar-refractivity contribution in [2.75, 3.05) is 13.6 Å². The molecule has 0 saturated heterocycles. The molecule has 1 unspecified atom stereocenters. The Balaban J connectivity index is 2.51. The number of nitrogens with zero attached hydrogens (tertiary/aromatic N) is 2. The first kappa shape index (κ1) is 16.9. The van der Waals surface area contributed by atoms with Crippen LogP contribution in [0.3, 0.4) is 0 Å². The molecule has 4 nitrogen and oxygen atoms in total. The van der Waals surface area contributed by atoms with Gasteiger partial charge in [0.15, 0.2) is 0 Å². The zero-order valence-corrected chi connectivity index (χ0v) is 12.5. The number of allylic oxidation sites excluding steroid dienone is 1. The number of likely N-dealkylation sites (N-methyl/N-ethyl adjacent to an activating group) is 1. The summed E-state index contributed by atoms with van der Waals surface area (Å²) < 4.78 is 0. The summed E-state index contributed by atoms with van der Waals surface area (Å²) in [6.07, 6.45) is 4.32. The van der Waals surface area contributed by atoms with Gasteiger partial charge in [0.05, 0.1) is 6.04 Å². The van der Waals surface area contributed by atoms with Gasteiger partial charge in [0.25, 0.3) is 0 Å². The summed E-state index contributed by atoms with van der Waals surface area (Å²) in [7, 11) is 1.75. The number of carbonyl (C=O) groups is 1. The maximum Gasteiger partial charge on any atom is 0.239 e. The topological polar surface area (TPSA) is 58.7 Å². The Morgan fingerprint density at radius 1 is 1.38 bits per heavy atom. The molecule has 0 heterocycles. The second-order valence-corrected chi connectivity index (χ2v) is 4.81. The molecule has 0 spiro atoms. The van der Waals surface area contributed by atoms with Gasteiger partial charge in [0.2, 0.25) is 5.91 Å². The standard InChI is InChI=1S/C17H23N3O/c1-4-15(19-5-2)11-12-20(3)17(21)16(18)13-14-9-7-6-8-10-14/h4-10,16H,1-2,11-13,18H2,3H3. The summed E-state index contributed by atoms with van der Waals surface area (Å²) in [5, 5.41) is 0. The van der Waals surface area contributed by atoms with E-state index in [1.807, 2.05) is 30.3 Å². The number of benzene rings is 1. The number of amides is 1. The molecule has 0 aromatic heterocycles. The molecule has 0 bridgehead atoms. The third kappa shape index (κ3) is 5.75. The first-order valence-electron chi connectivity index (χ1n) is 6.93. The molecular weight excluding hydrogens is 262 g/mol. The SMILES string of the molecule is C=CN=C(C=C)CCN(C)C(=O)C(N)Cc1ccccc1. The van der Waals surface area contributed by atoms with E-state index in [9.17, 15) is 4.79 Å². The van der Waals surface area contributed by atoms with Crippen LogP contribution in [0.4, 0.5) is 0 Å². The molecular formula is C17H23N3O. The van der Waals surface area contributed by atoms with Crippen LogP contribution in [-0.4, -0.2) is 36.2 Å².